The van der Waals surface area contributed by atoms with Gasteiger partial charge >= 0.3 is 5.69 Å². The Bertz CT molecular complexity index is 836. The Morgan fingerprint density at radius 1 is 1.30 bits per heavy atom. The van der Waals surface area contributed by atoms with Crippen LogP contribution in [0.25, 0.3) is 10.9 Å². The number of thioether (sulfide) groups is 1. The number of para-hydroxylation sites is 1. The van der Waals surface area contributed by atoms with Gasteiger partial charge in [-0.05, 0) is 12.1 Å². The van der Waals surface area contributed by atoms with Crippen molar-refractivity contribution in [2.75, 3.05) is 5.75 Å². The molecule has 0 amide bonds. The van der Waals surface area contributed by atoms with Gasteiger partial charge in [-0.2, -0.15) is 5.10 Å². The second-order valence-electron chi connectivity index (χ2n) is 4.98. The number of rotatable bonds is 6. The molecule has 2 heterocycles. The lowest BCUT2D eigenvalue weighted by Crippen LogP contribution is -2.18. The SMILES string of the molecule is O=[N+]([O-])c1cnn(C[C@H](O)CSc2ccc3ccccc3n2)c1. The van der Waals surface area contributed by atoms with Crippen LogP contribution in [-0.4, -0.2) is 36.7 Å². The molecule has 0 aliphatic rings. The Hall–Kier alpha value is -2.45. The summed E-state index contributed by atoms with van der Waals surface area (Å²) in [5.74, 6) is 0.430. The van der Waals surface area contributed by atoms with Crippen molar-refractivity contribution < 1.29 is 10.0 Å². The molecule has 118 valence electrons. The van der Waals surface area contributed by atoms with Gasteiger partial charge in [0.05, 0.1) is 28.1 Å². The van der Waals surface area contributed by atoms with E-state index in [0.29, 0.717) is 5.75 Å². The number of fused-ring (bicyclic) bond motifs is 1. The molecule has 3 aromatic rings. The molecule has 1 N–H and O–H groups in total. The van der Waals surface area contributed by atoms with Crippen molar-refractivity contribution in [3.8, 4) is 0 Å². The van der Waals surface area contributed by atoms with Crippen LogP contribution < -0.4 is 0 Å². The van der Waals surface area contributed by atoms with Gasteiger partial charge in [-0.3, -0.25) is 14.8 Å². The van der Waals surface area contributed by atoms with Crippen LogP contribution >= 0.6 is 11.8 Å². The van der Waals surface area contributed by atoms with Gasteiger partial charge in [-0.15, -0.1) is 11.8 Å². The topological polar surface area (TPSA) is 94.1 Å². The van der Waals surface area contributed by atoms with E-state index in [9.17, 15) is 15.2 Å². The number of nitro groups is 1. The number of aliphatic hydroxyl groups is 1. The minimum atomic E-state index is -0.673. The van der Waals surface area contributed by atoms with Gasteiger partial charge < -0.3 is 5.11 Å². The smallest absolute Gasteiger partial charge is 0.306 e. The molecule has 0 bridgehead atoms. The van der Waals surface area contributed by atoms with E-state index < -0.39 is 11.0 Å². The van der Waals surface area contributed by atoms with Gasteiger partial charge in [0.2, 0.25) is 0 Å². The van der Waals surface area contributed by atoms with Crippen molar-refractivity contribution in [3.05, 3.63) is 58.9 Å². The maximum absolute atomic E-state index is 10.6. The number of nitrogens with zero attached hydrogens (tertiary/aromatic N) is 4. The van der Waals surface area contributed by atoms with Gasteiger partial charge in [0.25, 0.3) is 0 Å². The molecule has 0 saturated heterocycles. The fourth-order valence-corrected chi connectivity index (χ4v) is 2.92. The van der Waals surface area contributed by atoms with E-state index >= 15 is 0 Å². The largest absolute Gasteiger partial charge is 0.390 e. The number of hydrogen-bond donors (Lipinski definition) is 1. The monoisotopic (exact) mass is 330 g/mol. The number of benzene rings is 1. The summed E-state index contributed by atoms with van der Waals surface area (Å²) in [6.45, 7) is 0.203. The Morgan fingerprint density at radius 2 is 2.13 bits per heavy atom. The van der Waals surface area contributed by atoms with Crippen LogP contribution in [0.5, 0.6) is 0 Å². The molecule has 8 heteroatoms. The van der Waals surface area contributed by atoms with E-state index in [1.807, 2.05) is 36.4 Å². The van der Waals surface area contributed by atoms with Gasteiger partial charge in [-0.1, -0.05) is 24.3 Å². The van der Waals surface area contributed by atoms with Gasteiger partial charge in [0.15, 0.2) is 0 Å². The summed E-state index contributed by atoms with van der Waals surface area (Å²) >= 11 is 1.44. The maximum atomic E-state index is 10.6. The predicted molar refractivity (Wildman–Crippen MR) is 87.4 cm³/mol. The molecule has 0 radical (unpaired) electrons. The lowest BCUT2D eigenvalue weighted by Gasteiger charge is -2.10. The lowest BCUT2D eigenvalue weighted by molar-refractivity contribution is -0.385. The number of aromatic nitrogens is 3. The highest BCUT2D eigenvalue weighted by Gasteiger charge is 2.12. The zero-order chi connectivity index (χ0) is 16.2. The highest BCUT2D eigenvalue weighted by molar-refractivity contribution is 7.99. The van der Waals surface area contributed by atoms with E-state index in [1.54, 1.807) is 0 Å². The summed E-state index contributed by atoms with van der Waals surface area (Å²) in [5, 5.41) is 26.4. The summed E-state index contributed by atoms with van der Waals surface area (Å²) in [4.78, 5) is 14.6. The first kappa shape index (κ1) is 15.4. The molecule has 23 heavy (non-hydrogen) atoms. The van der Waals surface area contributed by atoms with Gasteiger partial charge in [0, 0.05) is 11.1 Å². The first-order valence-electron chi connectivity index (χ1n) is 6.95. The number of pyridine rings is 1. The van der Waals surface area contributed by atoms with Crippen LogP contribution in [0.4, 0.5) is 5.69 Å². The fraction of sp³-hybridized carbons (Fsp3) is 0.200. The third kappa shape index (κ3) is 3.85. The first-order chi connectivity index (χ1) is 11.1. The third-order valence-electron chi connectivity index (χ3n) is 3.22. The highest BCUT2D eigenvalue weighted by Crippen LogP contribution is 2.21. The number of aliphatic hydroxyl groups excluding tert-OH is 1. The molecule has 0 spiro atoms. The number of hydrogen-bond acceptors (Lipinski definition) is 6. The normalized spacial score (nSPS) is 12.4. The molecule has 0 fully saturated rings. The molecule has 0 unspecified atom stereocenters. The van der Waals surface area contributed by atoms with Crippen molar-refractivity contribution in [2.45, 2.75) is 17.7 Å². The van der Waals surface area contributed by atoms with Crippen LogP contribution in [0.15, 0.2) is 53.8 Å². The van der Waals surface area contributed by atoms with Crippen molar-refractivity contribution in [1.82, 2.24) is 14.8 Å². The zero-order valence-corrected chi connectivity index (χ0v) is 12.9. The molecule has 2 aromatic heterocycles. The quantitative estimate of drug-likeness (QED) is 0.424. The van der Waals surface area contributed by atoms with Crippen LogP contribution in [0, 0.1) is 10.1 Å². The summed E-state index contributed by atoms with van der Waals surface area (Å²) < 4.78 is 1.37. The second-order valence-corrected chi connectivity index (χ2v) is 6.02. The molecule has 0 aliphatic carbocycles. The third-order valence-corrected chi connectivity index (χ3v) is 4.30. The van der Waals surface area contributed by atoms with E-state index in [-0.39, 0.29) is 12.2 Å². The molecule has 7 nitrogen and oxygen atoms in total. The Kier molecular flexibility index (Phi) is 4.54. The van der Waals surface area contributed by atoms with E-state index in [2.05, 4.69) is 10.1 Å². The molecule has 3 rings (SSSR count). The summed E-state index contributed by atoms with van der Waals surface area (Å²) in [6, 6.07) is 11.7. The van der Waals surface area contributed by atoms with Crippen LogP contribution in [-0.2, 0) is 6.54 Å². The van der Waals surface area contributed by atoms with Gasteiger partial charge in [-0.25, -0.2) is 4.98 Å². The zero-order valence-electron chi connectivity index (χ0n) is 12.1. The van der Waals surface area contributed by atoms with E-state index in [4.69, 9.17) is 0 Å². The fourth-order valence-electron chi connectivity index (χ4n) is 2.12. The average molecular weight is 330 g/mol. The highest BCUT2D eigenvalue weighted by atomic mass is 32.2. The van der Waals surface area contributed by atoms with Crippen molar-refractivity contribution in [1.29, 1.82) is 0 Å². The Labute approximate surface area is 136 Å². The van der Waals surface area contributed by atoms with Crippen molar-refractivity contribution >= 4 is 28.4 Å². The minimum Gasteiger partial charge on any atom is -0.390 e. The van der Waals surface area contributed by atoms with Crippen LogP contribution in [0.2, 0.25) is 0 Å². The first-order valence-corrected chi connectivity index (χ1v) is 7.94. The maximum Gasteiger partial charge on any atom is 0.306 e. The molecule has 1 aromatic carbocycles. The van der Waals surface area contributed by atoms with Crippen LogP contribution in [0.3, 0.4) is 0 Å². The molecular formula is C15H14N4O3S. The second kappa shape index (κ2) is 6.76. The molecule has 0 saturated carbocycles. The van der Waals surface area contributed by atoms with E-state index in [1.165, 1.54) is 28.8 Å². The van der Waals surface area contributed by atoms with Gasteiger partial charge in [0.1, 0.15) is 12.4 Å². The summed E-state index contributed by atoms with van der Waals surface area (Å²) in [5.41, 5.74) is 0.829. The van der Waals surface area contributed by atoms with Crippen molar-refractivity contribution in [3.63, 3.8) is 0 Å². The predicted octanol–water partition coefficient (Wildman–Crippen LogP) is 2.49. The standard InChI is InChI=1S/C15H14N4O3S/c20-13(9-18-8-12(7-16-18)19(21)22)10-23-15-6-5-11-3-1-2-4-14(11)17-15/h1-8,13,20H,9-10H2/t13-/m0/s1. The summed E-state index contributed by atoms with van der Waals surface area (Å²) in [7, 11) is 0. The molecule has 0 aliphatic heterocycles. The molecular weight excluding hydrogens is 316 g/mol. The Balaban J connectivity index is 1.58. The average Bonchev–Trinajstić information content (AvgIpc) is 3.01. The van der Waals surface area contributed by atoms with Crippen molar-refractivity contribution in [2.24, 2.45) is 0 Å². The molecule has 1 atom stereocenters. The summed E-state index contributed by atoms with van der Waals surface area (Å²) in [6.07, 6.45) is 1.81. The van der Waals surface area contributed by atoms with Crippen LogP contribution in [0.1, 0.15) is 0 Å². The Morgan fingerprint density at radius 3 is 2.91 bits per heavy atom. The van der Waals surface area contributed by atoms with E-state index in [0.717, 1.165) is 15.9 Å². The lowest BCUT2D eigenvalue weighted by atomic mass is 10.2. The minimum absolute atomic E-state index is 0.0824.